The molecule has 1 aliphatic rings. The van der Waals surface area contributed by atoms with Crippen molar-refractivity contribution in [2.24, 2.45) is 5.41 Å². The zero-order chi connectivity index (χ0) is 30.6. The third-order valence-corrected chi connectivity index (χ3v) is 7.20. The van der Waals surface area contributed by atoms with Gasteiger partial charge in [0.25, 0.3) is 0 Å². The second-order valence-electron chi connectivity index (χ2n) is 11.3. The van der Waals surface area contributed by atoms with E-state index >= 15 is 0 Å². The molecule has 4 aromatic rings. The van der Waals surface area contributed by atoms with E-state index in [0.29, 0.717) is 49.1 Å². The number of methoxy groups -OCH3 is 2. The topological polar surface area (TPSA) is 119 Å². The molecule has 1 aliphatic heterocycles. The Labute approximate surface area is 250 Å². The number of carbonyl (C=O) groups is 2. The molecule has 0 unspecified atom stereocenters. The third-order valence-electron chi connectivity index (χ3n) is 7.20. The minimum Gasteiger partial charge on any atom is -0.493 e. The van der Waals surface area contributed by atoms with Crippen LogP contribution in [0.3, 0.4) is 0 Å². The smallest absolute Gasteiger partial charge is 0.410 e. The summed E-state index contributed by atoms with van der Waals surface area (Å²) in [6.45, 7) is 7.63. The highest BCUT2D eigenvalue weighted by Crippen LogP contribution is 2.34. The van der Waals surface area contributed by atoms with Crippen LogP contribution in [-0.4, -0.2) is 72.3 Å². The summed E-state index contributed by atoms with van der Waals surface area (Å²) in [6.07, 6.45) is 1.38. The number of anilines is 2. The van der Waals surface area contributed by atoms with Gasteiger partial charge in [0.05, 0.1) is 19.6 Å². The first kappa shape index (κ1) is 29.6. The first-order valence-corrected chi connectivity index (χ1v) is 14.1. The maximum atomic E-state index is 12.8. The predicted molar refractivity (Wildman–Crippen MR) is 164 cm³/mol. The number of hydrogen-bond donors (Lipinski definition) is 1. The van der Waals surface area contributed by atoms with Crippen molar-refractivity contribution in [3.05, 3.63) is 66.4 Å². The van der Waals surface area contributed by atoms with E-state index in [0.717, 1.165) is 22.1 Å². The summed E-state index contributed by atoms with van der Waals surface area (Å²) in [5.74, 6) is 1.83. The summed E-state index contributed by atoms with van der Waals surface area (Å²) in [7, 11) is 3.19. The molecule has 0 saturated carbocycles. The molecule has 0 bridgehead atoms. The number of rotatable bonds is 7. The third kappa shape index (κ3) is 6.77. The van der Waals surface area contributed by atoms with E-state index in [1.165, 1.54) is 0 Å². The number of hydrogen-bond acceptors (Lipinski definition) is 9. The molecule has 224 valence electrons. The lowest BCUT2D eigenvalue weighted by Gasteiger charge is -2.35. The molecule has 0 atom stereocenters. The standard InChI is InChI=1S/C32H36N6O5/c1-32(2,3)29(39)36-30-34-27-24(17-23(19-33-27)22-11-12-25(41-4)26(18-22)42-5)28(35-30)37-13-15-38(16-14-37)31(40)43-20-21-9-7-6-8-10-21/h6-12,17-19H,13-16,20H2,1-5H3,(H,33,34,35,36,39). The highest BCUT2D eigenvalue weighted by Gasteiger charge is 2.27. The highest BCUT2D eigenvalue weighted by atomic mass is 16.6. The molecule has 3 heterocycles. The lowest BCUT2D eigenvalue weighted by atomic mass is 9.96. The van der Waals surface area contributed by atoms with Gasteiger partial charge in [-0.15, -0.1) is 0 Å². The number of nitrogens with one attached hydrogen (secondary N) is 1. The first-order valence-electron chi connectivity index (χ1n) is 14.1. The molecule has 5 rings (SSSR count). The summed E-state index contributed by atoms with van der Waals surface area (Å²) in [6, 6.07) is 17.2. The summed E-state index contributed by atoms with van der Waals surface area (Å²) in [5.41, 5.74) is 2.48. The summed E-state index contributed by atoms with van der Waals surface area (Å²) in [4.78, 5) is 43.3. The Morgan fingerprint density at radius 1 is 0.884 bits per heavy atom. The number of amides is 2. The molecule has 1 saturated heterocycles. The Morgan fingerprint density at radius 3 is 2.28 bits per heavy atom. The van der Waals surface area contributed by atoms with Gasteiger partial charge in [0.1, 0.15) is 12.4 Å². The number of pyridine rings is 1. The fraction of sp³-hybridized carbons (Fsp3) is 0.344. The number of aromatic nitrogens is 3. The van der Waals surface area contributed by atoms with Crippen LogP contribution in [0.15, 0.2) is 60.8 Å². The van der Waals surface area contributed by atoms with E-state index in [9.17, 15) is 9.59 Å². The Kier molecular flexibility index (Phi) is 8.61. The van der Waals surface area contributed by atoms with Crippen molar-refractivity contribution in [3.8, 4) is 22.6 Å². The molecule has 2 aromatic carbocycles. The summed E-state index contributed by atoms with van der Waals surface area (Å²) in [5, 5.41) is 3.57. The van der Waals surface area contributed by atoms with Gasteiger partial charge in [0.2, 0.25) is 11.9 Å². The second kappa shape index (κ2) is 12.5. The second-order valence-corrected chi connectivity index (χ2v) is 11.3. The zero-order valence-electron chi connectivity index (χ0n) is 25.1. The summed E-state index contributed by atoms with van der Waals surface area (Å²) >= 11 is 0. The number of ether oxygens (including phenoxy) is 3. The molecular formula is C32H36N6O5. The maximum Gasteiger partial charge on any atom is 0.410 e. The van der Waals surface area contributed by atoms with Crippen LogP contribution in [0.2, 0.25) is 0 Å². The number of piperazine rings is 1. The van der Waals surface area contributed by atoms with Crippen molar-refractivity contribution >= 4 is 34.8 Å². The van der Waals surface area contributed by atoms with E-state index in [-0.39, 0.29) is 24.6 Å². The Balaban J connectivity index is 1.43. The largest absolute Gasteiger partial charge is 0.493 e. The molecule has 1 fully saturated rings. The number of nitrogens with zero attached hydrogens (tertiary/aromatic N) is 5. The van der Waals surface area contributed by atoms with E-state index in [1.54, 1.807) is 25.3 Å². The molecule has 0 aliphatic carbocycles. The van der Waals surface area contributed by atoms with Crippen LogP contribution in [0.25, 0.3) is 22.2 Å². The van der Waals surface area contributed by atoms with E-state index in [2.05, 4.69) is 20.2 Å². The van der Waals surface area contributed by atoms with E-state index < -0.39 is 5.41 Å². The highest BCUT2D eigenvalue weighted by molar-refractivity contribution is 5.96. The van der Waals surface area contributed by atoms with E-state index in [1.807, 2.05) is 75.4 Å². The quantitative estimate of drug-likeness (QED) is 0.314. The lowest BCUT2D eigenvalue weighted by molar-refractivity contribution is -0.123. The van der Waals surface area contributed by atoms with Crippen LogP contribution in [0, 0.1) is 5.41 Å². The van der Waals surface area contributed by atoms with Gasteiger partial charge in [-0.1, -0.05) is 57.2 Å². The lowest BCUT2D eigenvalue weighted by Crippen LogP contribution is -2.49. The van der Waals surface area contributed by atoms with Gasteiger partial charge in [0.15, 0.2) is 17.1 Å². The molecule has 43 heavy (non-hydrogen) atoms. The van der Waals surface area contributed by atoms with Crippen LogP contribution < -0.4 is 19.7 Å². The van der Waals surface area contributed by atoms with Crippen LogP contribution in [0.1, 0.15) is 26.3 Å². The van der Waals surface area contributed by atoms with Crippen LogP contribution in [0.5, 0.6) is 11.5 Å². The molecule has 11 nitrogen and oxygen atoms in total. The maximum absolute atomic E-state index is 12.8. The number of carbonyl (C=O) groups excluding carboxylic acids is 2. The average molecular weight is 585 g/mol. The minimum atomic E-state index is -0.630. The predicted octanol–water partition coefficient (Wildman–Crippen LogP) is 5.15. The fourth-order valence-electron chi connectivity index (χ4n) is 4.67. The van der Waals surface area contributed by atoms with E-state index in [4.69, 9.17) is 19.2 Å². The van der Waals surface area contributed by atoms with Crippen molar-refractivity contribution in [2.75, 3.05) is 50.6 Å². The van der Waals surface area contributed by atoms with Gasteiger partial charge < -0.3 is 24.0 Å². The Morgan fingerprint density at radius 2 is 1.60 bits per heavy atom. The Hall–Kier alpha value is -4.93. The van der Waals surface area contributed by atoms with Gasteiger partial charge in [0, 0.05) is 43.4 Å². The molecule has 1 N–H and O–H groups in total. The van der Waals surface area contributed by atoms with Crippen LogP contribution >= 0.6 is 0 Å². The van der Waals surface area contributed by atoms with Gasteiger partial charge in [-0.2, -0.15) is 9.97 Å². The fourth-order valence-corrected chi connectivity index (χ4v) is 4.67. The van der Waals surface area contributed by atoms with Crippen molar-refractivity contribution < 1.29 is 23.8 Å². The first-order chi connectivity index (χ1) is 20.7. The molecule has 2 aromatic heterocycles. The van der Waals surface area contributed by atoms with Crippen LogP contribution in [-0.2, 0) is 16.1 Å². The summed E-state index contributed by atoms with van der Waals surface area (Å²) < 4.78 is 16.4. The van der Waals surface area contributed by atoms with Gasteiger partial charge >= 0.3 is 6.09 Å². The monoisotopic (exact) mass is 584 g/mol. The van der Waals surface area contributed by atoms with Gasteiger partial charge in [-0.05, 0) is 29.3 Å². The molecule has 2 amide bonds. The molecule has 11 heteroatoms. The number of fused-ring (bicyclic) bond motifs is 1. The minimum absolute atomic E-state index is 0.179. The SMILES string of the molecule is COc1ccc(-c2cnc3nc(NC(=O)C(C)(C)C)nc(N4CCN(C(=O)OCc5ccccc5)CC4)c3c2)cc1OC. The molecule has 0 spiro atoms. The number of benzene rings is 2. The van der Waals surface area contributed by atoms with Crippen molar-refractivity contribution in [1.82, 2.24) is 19.9 Å². The Bertz CT molecular complexity index is 1610. The van der Waals surface area contributed by atoms with Crippen molar-refractivity contribution in [3.63, 3.8) is 0 Å². The van der Waals surface area contributed by atoms with Gasteiger partial charge in [-0.3, -0.25) is 10.1 Å². The molecule has 0 radical (unpaired) electrons. The normalized spacial score (nSPS) is 13.5. The van der Waals surface area contributed by atoms with Crippen molar-refractivity contribution in [1.29, 1.82) is 0 Å². The zero-order valence-corrected chi connectivity index (χ0v) is 25.1. The van der Waals surface area contributed by atoms with Crippen molar-refractivity contribution in [2.45, 2.75) is 27.4 Å². The van der Waals surface area contributed by atoms with Crippen LogP contribution in [0.4, 0.5) is 16.6 Å². The average Bonchev–Trinajstić information content (AvgIpc) is 3.02. The molecular weight excluding hydrogens is 548 g/mol. The van der Waals surface area contributed by atoms with Gasteiger partial charge in [-0.25, -0.2) is 9.78 Å².